The number of carboxylic acid groups (broad SMARTS) is 1. The number of nitrogens with two attached hydrogens (primary N) is 1. The largest absolute Gasteiger partial charge is 0.495 e. The predicted octanol–water partition coefficient (Wildman–Crippen LogP) is 2.44. The van der Waals surface area contributed by atoms with Gasteiger partial charge in [-0.05, 0) is 31.0 Å². The van der Waals surface area contributed by atoms with Crippen LogP contribution in [0.3, 0.4) is 0 Å². The highest BCUT2D eigenvalue weighted by Crippen LogP contribution is 2.37. The second-order valence-electron chi connectivity index (χ2n) is 3.95. The summed E-state index contributed by atoms with van der Waals surface area (Å²) in [4.78, 5) is 10.7. The van der Waals surface area contributed by atoms with Crippen molar-refractivity contribution in [2.45, 2.75) is 26.3 Å². The maximum atomic E-state index is 10.7. The molecule has 0 aliphatic rings. The molecule has 0 heterocycles. The Morgan fingerprint density at radius 3 is 2.65 bits per heavy atom. The van der Waals surface area contributed by atoms with Crippen LogP contribution in [0.15, 0.2) is 6.07 Å². The molecule has 1 unspecified atom stereocenters. The number of hydrogen-bond acceptors (Lipinski definition) is 3. The van der Waals surface area contributed by atoms with Crippen molar-refractivity contribution >= 4 is 17.6 Å². The lowest BCUT2D eigenvalue weighted by molar-refractivity contribution is -0.137. The lowest BCUT2D eigenvalue weighted by Gasteiger charge is -2.19. The van der Waals surface area contributed by atoms with Crippen LogP contribution in [0.1, 0.15) is 29.2 Å². The van der Waals surface area contributed by atoms with E-state index in [2.05, 4.69) is 0 Å². The van der Waals surface area contributed by atoms with Gasteiger partial charge in [-0.3, -0.25) is 4.79 Å². The van der Waals surface area contributed by atoms with Crippen LogP contribution in [0.2, 0.25) is 5.02 Å². The topological polar surface area (TPSA) is 72.5 Å². The van der Waals surface area contributed by atoms with Crippen LogP contribution in [0.5, 0.6) is 5.75 Å². The molecule has 0 saturated carbocycles. The van der Waals surface area contributed by atoms with Crippen molar-refractivity contribution in [3.63, 3.8) is 0 Å². The first kappa shape index (κ1) is 13.8. The number of ether oxygens (including phenoxy) is 1. The van der Waals surface area contributed by atoms with E-state index in [4.69, 9.17) is 27.2 Å². The molecule has 0 aromatic heterocycles. The first-order valence-electron chi connectivity index (χ1n) is 5.19. The third kappa shape index (κ3) is 2.90. The van der Waals surface area contributed by atoms with Gasteiger partial charge in [0.25, 0.3) is 0 Å². The van der Waals surface area contributed by atoms with Crippen LogP contribution in [-0.4, -0.2) is 18.2 Å². The summed E-state index contributed by atoms with van der Waals surface area (Å²) in [5.74, 6) is -0.486. The van der Waals surface area contributed by atoms with Crippen molar-refractivity contribution in [1.29, 1.82) is 0 Å². The van der Waals surface area contributed by atoms with Gasteiger partial charge in [-0.15, -0.1) is 0 Å². The fraction of sp³-hybridized carbons (Fsp3) is 0.417. The van der Waals surface area contributed by atoms with Gasteiger partial charge < -0.3 is 15.6 Å². The number of aliphatic carboxylic acids is 1. The predicted molar refractivity (Wildman–Crippen MR) is 66.7 cm³/mol. The van der Waals surface area contributed by atoms with Gasteiger partial charge in [-0.1, -0.05) is 11.6 Å². The molecule has 0 aliphatic carbocycles. The molecule has 1 aromatic carbocycles. The number of benzene rings is 1. The van der Waals surface area contributed by atoms with Crippen molar-refractivity contribution in [3.05, 3.63) is 27.8 Å². The quantitative estimate of drug-likeness (QED) is 0.869. The van der Waals surface area contributed by atoms with Gasteiger partial charge in [-0.2, -0.15) is 0 Å². The molecular weight excluding hydrogens is 242 g/mol. The molecule has 1 atom stereocenters. The highest BCUT2D eigenvalue weighted by molar-refractivity contribution is 6.32. The van der Waals surface area contributed by atoms with Crippen LogP contribution in [0, 0.1) is 13.8 Å². The molecule has 4 nitrogen and oxygen atoms in total. The van der Waals surface area contributed by atoms with E-state index in [-0.39, 0.29) is 6.42 Å². The molecule has 3 N–H and O–H groups in total. The number of carboxylic acids is 1. The first-order valence-corrected chi connectivity index (χ1v) is 5.57. The molecule has 94 valence electrons. The van der Waals surface area contributed by atoms with E-state index in [0.29, 0.717) is 16.3 Å². The third-order valence-electron chi connectivity index (χ3n) is 2.77. The Bertz CT molecular complexity index is 446. The Labute approximate surface area is 105 Å². The fourth-order valence-corrected chi connectivity index (χ4v) is 2.16. The summed E-state index contributed by atoms with van der Waals surface area (Å²) in [5, 5.41) is 9.23. The molecule has 0 radical (unpaired) electrons. The van der Waals surface area contributed by atoms with Gasteiger partial charge in [-0.25, -0.2) is 0 Å². The summed E-state index contributed by atoms with van der Waals surface area (Å²) in [6.07, 6.45) is -0.156. The summed E-state index contributed by atoms with van der Waals surface area (Å²) in [7, 11) is 1.49. The molecule has 0 aliphatic heterocycles. The standard InChI is InChI=1S/C12H16ClNO3/c1-6-4-8(13)12(17-3)11(7(6)2)9(14)5-10(15)16/h4,9H,5,14H2,1-3H3,(H,15,16). The van der Waals surface area contributed by atoms with Crippen LogP contribution < -0.4 is 10.5 Å². The number of hydrogen-bond donors (Lipinski definition) is 2. The highest BCUT2D eigenvalue weighted by Gasteiger charge is 2.21. The van der Waals surface area contributed by atoms with Gasteiger partial charge >= 0.3 is 5.97 Å². The Morgan fingerprint density at radius 2 is 2.18 bits per heavy atom. The third-order valence-corrected chi connectivity index (χ3v) is 3.05. The maximum Gasteiger partial charge on any atom is 0.305 e. The van der Waals surface area contributed by atoms with Crippen molar-refractivity contribution in [3.8, 4) is 5.75 Å². The van der Waals surface area contributed by atoms with E-state index in [1.165, 1.54) is 7.11 Å². The first-order chi connectivity index (χ1) is 7.88. The SMILES string of the molecule is COc1c(Cl)cc(C)c(C)c1C(N)CC(=O)O. The monoisotopic (exact) mass is 257 g/mol. The molecule has 0 bridgehead atoms. The summed E-state index contributed by atoms with van der Waals surface area (Å²) in [6.45, 7) is 3.78. The summed E-state index contributed by atoms with van der Waals surface area (Å²) >= 11 is 6.06. The zero-order chi connectivity index (χ0) is 13.2. The molecule has 0 saturated heterocycles. The molecular formula is C12H16ClNO3. The van der Waals surface area contributed by atoms with E-state index in [1.54, 1.807) is 6.07 Å². The minimum absolute atomic E-state index is 0.156. The number of halogens is 1. The number of methoxy groups -OCH3 is 1. The van der Waals surface area contributed by atoms with Gasteiger partial charge in [0, 0.05) is 11.6 Å². The van der Waals surface area contributed by atoms with E-state index in [1.807, 2.05) is 13.8 Å². The van der Waals surface area contributed by atoms with E-state index in [9.17, 15) is 4.79 Å². The van der Waals surface area contributed by atoms with E-state index >= 15 is 0 Å². The molecule has 0 amide bonds. The van der Waals surface area contributed by atoms with E-state index < -0.39 is 12.0 Å². The van der Waals surface area contributed by atoms with E-state index in [0.717, 1.165) is 11.1 Å². The molecule has 5 heteroatoms. The molecule has 17 heavy (non-hydrogen) atoms. The lowest BCUT2D eigenvalue weighted by Crippen LogP contribution is -2.17. The van der Waals surface area contributed by atoms with Crippen molar-refractivity contribution < 1.29 is 14.6 Å². The second-order valence-corrected chi connectivity index (χ2v) is 4.36. The van der Waals surface area contributed by atoms with Gasteiger partial charge in [0.05, 0.1) is 18.6 Å². The van der Waals surface area contributed by atoms with Gasteiger partial charge in [0.1, 0.15) is 5.75 Å². The average molecular weight is 258 g/mol. The normalized spacial score (nSPS) is 12.3. The minimum atomic E-state index is -0.948. The Balaban J connectivity index is 3.33. The number of rotatable bonds is 4. The molecule has 1 rings (SSSR count). The molecule has 1 aromatic rings. The van der Waals surface area contributed by atoms with Gasteiger partial charge in [0.15, 0.2) is 0 Å². The van der Waals surface area contributed by atoms with Crippen LogP contribution in [0.4, 0.5) is 0 Å². The maximum absolute atomic E-state index is 10.7. The Hall–Kier alpha value is -1.26. The number of carbonyl (C=O) groups is 1. The zero-order valence-electron chi connectivity index (χ0n) is 10.1. The van der Waals surface area contributed by atoms with Crippen molar-refractivity contribution in [2.24, 2.45) is 5.73 Å². The smallest absolute Gasteiger partial charge is 0.305 e. The summed E-state index contributed by atoms with van der Waals surface area (Å²) in [5.41, 5.74) is 8.44. The highest BCUT2D eigenvalue weighted by atomic mass is 35.5. The van der Waals surface area contributed by atoms with Crippen molar-refractivity contribution in [1.82, 2.24) is 0 Å². The lowest BCUT2D eigenvalue weighted by atomic mass is 9.95. The summed E-state index contributed by atoms with van der Waals surface area (Å²) < 4.78 is 5.21. The Morgan fingerprint density at radius 1 is 1.59 bits per heavy atom. The summed E-state index contributed by atoms with van der Waals surface area (Å²) in [6, 6.07) is 1.16. The van der Waals surface area contributed by atoms with Crippen LogP contribution >= 0.6 is 11.6 Å². The minimum Gasteiger partial charge on any atom is -0.495 e. The van der Waals surface area contributed by atoms with Crippen LogP contribution in [-0.2, 0) is 4.79 Å². The number of aryl methyl sites for hydroxylation is 1. The molecule has 0 fully saturated rings. The van der Waals surface area contributed by atoms with Crippen molar-refractivity contribution in [2.75, 3.05) is 7.11 Å². The Kier molecular flexibility index (Phi) is 4.37. The van der Waals surface area contributed by atoms with Crippen LogP contribution in [0.25, 0.3) is 0 Å². The zero-order valence-corrected chi connectivity index (χ0v) is 10.8. The fourth-order valence-electron chi connectivity index (χ4n) is 1.82. The second kappa shape index (κ2) is 5.38. The van der Waals surface area contributed by atoms with Gasteiger partial charge in [0.2, 0.25) is 0 Å². The average Bonchev–Trinajstić information content (AvgIpc) is 2.21. The molecule has 0 spiro atoms.